The third-order valence-corrected chi connectivity index (χ3v) is 3.62. The van der Waals surface area contributed by atoms with E-state index in [1.807, 2.05) is 19.9 Å². The molecular formula is C16H24N2O3. The minimum atomic E-state index is -0.344. The van der Waals surface area contributed by atoms with Crippen LogP contribution in [0.3, 0.4) is 0 Å². The molecule has 1 aliphatic rings. The van der Waals surface area contributed by atoms with E-state index in [0.29, 0.717) is 11.3 Å². The Kier molecular flexibility index (Phi) is 5.20. The molecule has 0 unspecified atom stereocenters. The molecule has 0 aromatic heterocycles. The number of nitrogens with two attached hydrogens (primary N) is 1. The Labute approximate surface area is 126 Å². The van der Waals surface area contributed by atoms with Crippen molar-refractivity contribution in [2.45, 2.75) is 39.5 Å². The van der Waals surface area contributed by atoms with Gasteiger partial charge >= 0.3 is 5.97 Å². The summed E-state index contributed by atoms with van der Waals surface area (Å²) in [5.74, 6) is -0.344. The summed E-state index contributed by atoms with van der Waals surface area (Å²) in [7, 11) is 1.71. The summed E-state index contributed by atoms with van der Waals surface area (Å²) in [4.78, 5) is 14.4. The smallest absolute Gasteiger partial charge is 0.340 e. The van der Waals surface area contributed by atoms with E-state index >= 15 is 0 Å². The number of rotatable bonds is 6. The molecule has 1 aliphatic heterocycles. The lowest BCUT2D eigenvalue weighted by atomic mass is 10.0. The Morgan fingerprint density at radius 2 is 2.14 bits per heavy atom. The number of benzene rings is 1. The number of carbonyl (C=O) groups excluding carboxylic acids is 1. The third kappa shape index (κ3) is 3.74. The van der Waals surface area contributed by atoms with Gasteiger partial charge in [-0.25, -0.2) is 4.79 Å². The van der Waals surface area contributed by atoms with Gasteiger partial charge in [0.2, 0.25) is 0 Å². The van der Waals surface area contributed by atoms with E-state index in [0.717, 1.165) is 38.2 Å². The largest absolute Gasteiger partial charge is 0.459 e. The molecule has 0 bridgehead atoms. The van der Waals surface area contributed by atoms with Crippen LogP contribution in [0.15, 0.2) is 12.1 Å². The van der Waals surface area contributed by atoms with Crippen molar-refractivity contribution < 1.29 is 14.3 Å². The van der Waals surface area contributed by atoms with Gasteiger partial charge in [-0.15, -0.1) is 0 Å². The maximum atomic E-state index is 12.0. The maximum Gasteiger partial charge on any atom is 0.340 e. The third-order valence-electron chi connectivity index (χ3n) is 3.62. The first-order valence-corrected chi connectivity index (χ1v) is 7.35. The molecule has 2 rings (SSSR count). The van der Waals surface area contributed by atoms with Gasteiger partial charge in [0.1, 0.15) is 0 Å². The Morgan fingerprint density at radius 3 is 2.81 bits per heavy atom. The summed E-state index contributed by atoms with van der Waals surface area (Å²) in [6.07, 6.45) is 0.850. The zero-order valence-corrected chi connectivity index (χ0v) is 13.0. The molecule has 2 N–H and O–H groups in total. The molecule has 0 fully saturated rings. The minimum Gasteiger partial charge on any atom is -0.459 e. The lowest BCUT2D eigenvalue weighted by Crippen LogP contribution is -2.19. The average molecular weight is 292 g/mol. The van der Waals surface area contributed by atoms with Gasteiger partial charge in [0.25, 0.3) is 0 Å². The van der Waals surface area contributed by atoms with Crippen molar-refractivity contribution in [1.29, 1.82) is 0 Å². The van der Waals surface area contributed by atoms with Crippen LogP contribution in [-0.4, -0.2) is 37.2 Å². The van der Waals surface area contributed by atoms with Crippen LogP contribution in [0.25, 0.3) is 0 Å². The molecule has 0 atom stereocenters. The second-order valence-electron chi connectivity index (χ2n) is 5.68. The van der Waals surface area contributed by atoms with E-state index in [-0.39, 0.29) is 12.1 Å². The lowest BCUT2D eigenvalue weighted by molar-refractivity contribution is 0.0379. The van der Waals surface area contributed by atoms with Gasteiger partial charge in [0, 0.05) is 33.4 Å². The Morgan fingerprint density at radius 1 is 1.38 bits per heavy atom. The maximum absolute atomic E-state index is 12.0. The Hall–Kier alpha value is -1.59. The van der Waals surface area contributed by atoms with Crippen molar-refractivity contribution in [2.75, 3.05) is 26.0 Å². The number of fused-ring (bicyclic) bond motifs is 1. The van der Waals surface area contributed by atoms with Crippen molar-refractivity contribution in [3.63, 3.8) is 0 Å². The minimum absolute atomic E-state index is 0.143. The summed E-state index contributed by atoms with van der Waals surface area (Å²) in [6.45, 7) is 7.05. The summed E-state index contributed by atoms with van der Waals surface area (Å²) < 4.78 is 10.3. The first-order valence-electron chi connectivity index (χ1n) is 7.35. The van der Waals surface area contributed by atoms with Gasteiger partial charge in [-0.3, -0.25) is 4.90 Å². The van der Waals surface area contributed by atoms with Gasteiger partial charge < -0.3 is 15.2 Å². The number of esters is 1. The first kappa shape index (κ1) is 15.8. The van der Waals surface area contributed by atoms with Gasteiger partial charge in [-0.1, -0.05) is 6.07 Å². The van der Waals surface area contributed by atoms with Crippen LogP contribution in [-0.2, 0) is 22.6 Å². The molecule has 0 saturated heterocycles. The van der Waals surface area contributed by atoms with Crippen LogP contribution < -0.4 is 5.73 Å². The molecule has 5 nitrogen and oxygen atoms in total. The first-order chi connectivity index (χ1) is 10.0. The van der Waals surface area contributed by atoms with Crippen molar-refractivity contribution in [3.05, 3.63) is 28.8 Å². The van der Waals surface area contributed by atoms with Gasteiger partial charge in [0.05, 0.1) is 17.4 Å². The van der Waals surface area contributed by atoms with Crippen LogP contribution >= 0.6 is 0 Å². The molecule has 5 heteroatoms. The van der Waals surface area contributed by atoms with Crippen molar-refractivity contribution in [3.8, 4) is 0 Å². The molecule has 1 aromatic carbocycles. The van der Waals surface area contributed by atoms with Crippen molar-refractivity contribution in [2.24, 2.45) is 0 Å². The second kappa shape index (κ2) is 6.91. The lowest BCUT2D eigenvalue weighted by Gasteiger charge is -2.14. The SMILES string of the molecule is COCCCN1Cc2ccc(C(=O)OC(C)C)c(N)c2C1. The molecule has 0 radical (unpaired) electrons. The molecule has 0 aliphatic carbocycles. The highest BCUT2D eigenvalue weighted by molar-refractivity contribution is 5.96. The number of carbonyl (C=O) groups is 1. The van der Waals surface area contributed by atoms with Crippen molar-refractivity contribution in [1.82, 2.24) is 4.90 Å². The molecular weight excluding hydrogens is 268 g/mol. The van der Waals surface area contributed by atoms with E-state index in [9.17, 15) is 4.79 Å². The number of ether oxygens (including phenoxy) is 2. The number of hydrogen-bond donors (Lipinski definition) is 1. The number of nitrogens with zero attached hydrogens (tertiary/aromatic N) is 1. The fraction of sp³-hybridized carbons (Fsp3) is 0.562. The van der Waals surface area contributed by atoms with E-state index in [1.165, 1.54) is 5.56 Å². The number of anilines is 1. The van der Waals surface area contributed by atoms with Gasteiger partial charge in [-0.2, -0.15) is 0 Å². The van der Waals surface area contributed by atoms with Gasteiger partial charge in [0.15, 0.2) is 0 Å². The van der Waals surface area contributed by atoms with Crippen LogP contribution in [0.1, 0.15) is 41.8 Å². The van der Waals surface area contributed by atoms with E-state index in [2.05, 4.69) is 4.90 Å². The molecule has 0 amide bonds. The zero-order valence-electron chi connectivity index (χ0n) is 13.0. The molecule has 116 valence electrons. The molecule has 1 heterocycles. The summed E-state index contributed by atoms with van der Waals surface area (Å²) in [6, 6.07) is 3.76. The zero-order chi connectivity index (χ0) is 15.4. The normalized spacial score (nSPS) is 14.5. The van der Waals surface area contributed by atoms with Crippen LogP contribution in [0.5, 0.6) is 0 Å². The molecule has 0 saturated carbocycles. The summed E-state index contributed by atoms with van der Waals surface area (Å²) in [5, 5.41) is 0. The number of methoxy groups -OCH3 is 1. The predicted molar refractivity (Wildman–Crippen MR) is 82.0 cm³/mol. The Balaban J connectivity index is 2.09. The van der Waals surface area contributed by atoms with Gasteiger partial charge in [-0.05, 0) is 37.5 Å². The van der Waals surface area contributed by atoms with Crippen LogP contribution in [0.4, 0.5) is 5.69 Å². The molecule has 0 spiro atoms. The summed E-state index contributed by atoms with van der Waals surface area (Å²) >= 11 is 0. The highest BCUT2D eigenvalue weighted by atomic mass is 16.5. The number of nitrogen functional groups attached to an aromatic ring is 1. The second-order valence-corrected chi connectivity index (χ2v) is 5.68. The fourth-order valence-corrected chi connectivity index (χ4v) is 2.61. The van der Waals surface area contributed by atoms with E-state index in [4.69, 9.17) is 15.2 Å². The summed E-state index contributed by atoms with van der Waals surface area (Å²) in [5.41, 5.74) is 9.47. The number of hydrogen-bond acceptors (Lipinski definition) is 5. The van der Waals surface area contributed by atoms with E-state index < -0.39 is 0 Å². The predicted octanol–water partition coefficient (Wildman–Crippen LogP) is 2.19. The van der Waals surface area contributed by atoms with E-state index in [1.54, 1.807) is 13.2 Å². The monoisotopic (exact) mass is 292 g/mol. The highest BCUT2D eigenvalue weighted by Gasteiger charge is 2.24. The average Bonchev–Trinajstić information content (AvgIpc) is 2.82. The van der Waals surface area contributed by atoms with Crippen molar-refractivity contribution >= 4 is 11.7 Å². The quantitative estimate of drug-likeness (QED) is 0.494. The van der Waals surface area contributed by atoms with Crippen LogP contribution in [0, 0.1) is 0 Å². The standard InChI is InChI=1S/C16H24N2O3/c1-11(2)21-16(19)13-6-5-12-9-18(7-4-8-20-3)10-14(12)15(13)17/h5-6,11H,4,7-10,17H2,1-3H3. The van der Waals surface area contributed by atoms with Crippen LogP contribution in [0.2, 0.25) is 0 Å². The fourth-order valence-electron chi connectivity index (χ4n) is 2.61. The topological polar surface area (TPSA) is 64.8 Å². The molecule has 21 heavy (non-hydrogen) atoms. The molecule has 1 aromatic rings. The highest BCUT2D eigenvalue weighted by Crippen LogP contribution is 2.30. The Bertz CT molecular complexity index is 514.